The lowest BCUT2D eigenvalue weighted by Crippen LogP contribution is -2.24. The third-order valence-corrected chi connectivity index (χ3v) is 6.62. The van der Waals surface area contributed by atoms with Gasteiger partial charge in [0.15, 0.2) is 0 Å². The minimum Gasteiger partial charge on any atom is -0.497 e. The summed E-state index contributed by atoms with van der Waals surface area (Å²) in [5.74, 6) is 0.642. The van der Waals surface area contributed by atoms with Crippen molar-refractivity contribution in [2.75, 3.05) is 17.6 Å². The minimum atomic E-state index is -3.48. The van der Waals surface area contributed by atoms with Crippen LogP contribution in [0.2, 0.25) is 0 Å². The maximum absolute atomic E-state index is 12.4. The van der Waals surface area contributed by atoms with Crippen LogP contribution in [0, 0.1) is 0 Å². The second-order valence-corrected chi connectivity index (χ2v) is 9.62. The number of hydrogen-bond acceptors (Lipinski definition) is 5. The van der Waals surface area contributed by atoms with E-state index in [-0.39, 0.29) is 18.1 Å². The van der Waals surface area contributed by atoms with E-state index in [2.05, 4.69) is 10.0 Å². The molecule has 0 spiro atoms. The maximum atomic E-state index is 12.4. The number of anilines is 1. The van der Waals surface area contributed by atoms with E-state index >= 15 is 0 Å². The number of ether oxygens (including phenoxy) is 1. The van der Waals surface area contributed by atoms with E-state index < -0.39 is 10.0 Å². The summed E-state index contributed by atoms with van der Waals surface area (Å²) >= 11 is 1.60. The van der Waals surface area contributed by atoms with Crippen molar-refractivity contribution in [3.63, 3.8) is 0 Å². The normalized spacial score (nSPS) is 11.1. The zero-order valence-electron chi connectivity index (χ0n) is 16.6. The van der Waals surface area contributed by atoms with E-state index in [1.807, 2.05) is 41.8 Å². The van der Waals surface area contributed by atoms with Crippen LogP contribution < -0.4 is 14.8 Å². The summed E-state index contributed by atoms with van der Waals surface area (Å²) in [5.41, 5.74) is 2.22. The molecule has 1 aromatic heterocycles. The number of carbonyl (C=O) groups excluding carboxylic acids is 1. The van der Waals surface area contributed by atoms with Crippen molar-refractivity contribution in [3.05, 3.63) is 82.0 Å². The lowest BCUT2D eigenvalue weighted by Gasteiger charge is -2.09. The highest BCUT2D eigenvalue weighted by Gasteiger charge is 2.11. The van der Waals surface area contributed by atoms with Crippen LogP contribution in [0.15, 0.2) is 66.0 Å². The molecule has 8 heteroatoms. The largest absolute Gasteiger partial charge is 0.497 e. The highest BCUT2D eigenvalue weighted by atomic mass is 32.2. The van der Waals surface area contributed by atoms with Gasteiger partial charge in [0.05, 0.1) is 25.8 Å². The lowest BCUT2D eigenvalue weighted by atomic mass is 10.1. The van der Waals surface area contributed by atoms with Crippen molar-refractivity contribution in [1.82, 2.24) is 5.32 Å². The van der Waals surface area contributed by atoms with Gasteiger partial charge in [-0.05, 0) is 53.3 Å². The van der Waals surface area contributed by atoms with Crippen molar-refractivity contribution in [3.8, 4) is 5.75 Å². The molecule has 0 saturated heterocycles. The van der Waals surface area contributed by atoms with Gasteiger partial charge in [-0.1, -0.05) is 30.3 Å². The van der Waals surface area contributed by atoms with Crippen LogP contribution in [0.5, 0.6) is 5.75 Å². The summed E-state index contributed by atoms with van der Waals surface area (Å²) in [6, 6.07) is 18.1. The first-order valence-electron chi connectivity index (χ1n) is 9.45. The highest BCUT2D eigenvalue weighted by Crippen LogP contribution is 2.15. The van der Waals surface area contributed by atoms with Gasteiger partial charge < -0.3 is 10.1 Å². The molecule has 1 heterocycles. The van der Waals surface area contributed by atoms with E-state index in [1.165, 1.54) is 0 Å². The molecular formula is C22H24N2O4S2. The average molecular weight is 445 g/mol. The standard InChI is InChI=1S/C22H24N2O4S2/c1-28-20-10-6-17(7-11-20)12-14-30(26,27)24-19-8-4-18(5-9-19)15-22(25)23-16-21-3-2-13-29-21/h2-11,13,24H,12,14-16H2,1H3,(H,23,25). The number of methoxy groups -OCH3 is 1. The van der Waals surface area contributed by atoms with Crippen LogP contribution in [-0.4, -0.2) is 27.2 Å². The van der Waals surface area contributed by atoms with E-state index in [4.69, 9.17) is 4.74 Å². The molecule has 30 heavy (non-hydrogen) atoms. The molecule has 0 aliphatic rings. The van der Waals surface area contributed by atoms with Crippen molar-refractivity contribution in [1.29, 1.82) is 0 Å². The van der Waals surface area contributed by atoms with Gasteiger partial charge in [0.1, 0.15) is 5.75 Å². The Hall–Kier alpha value is -2.84. The van der Waals surface area contributed by atoms with Gasteiger partial charge in [-0.3, -0.25) is 9.52 Å². The number of amides is 1. The number of aryl methyl sites for hydroxylation is 1. The first kappa shape index (κ1) is 21.9. The Morgan fingerprint density at radius 1 is 1.00 bits per heavy atom. The zero-order valence-corrected chi connectivity index (χ0v) is 18.3. The number of thiophene rings is 1. The maximum Gasteiger partial charge on any atom is 0.233 e. The van der Waals surface area contributed by atoms with Crippen molar-refractivity contribution < 1.29 is 17.9 Å². The molecule has 0 aliphatic heterocycles. The molecule has 0 bridgehead atoms. The average Bonchev–Trinajstić information content (AvgIpc) is 3.26. The second kappa shape index (κ2) is 10.3. The quantitative estimate of drug-likeness (QED) is 0.500. The number of nitrogens with one attached hydrogen (secondary N) is 2. The predicted molar refractivity (Wildman–Crippen MR) is 120 cm³/mol. The molecular weight excluding hydrogens is 420 g/mol. The second-order valence-electron chi connectivity index (χ2n) is 6.75. The molecule has 1 amide bonds. The summed E-state index contributed by atoms with van der Waals surface area (Å²) in [4.78, 5) is 13.2. The Kier molecular flexibility index (Phi) is 7.48. The topological polar surface area (TPSA) is 84.5 Å². The van der Waals surface area contributed by atoms with E-state index in [0.29, 0.717) is 18.7 Å². The number of sulfonamides is 1. The third kappa shape index (κ3) is 6.89. The van der Waals surface area contributed by atoms with E-state index in [0.717, 1.165) is 21.8 Å². The summed E-state index contributed by atoms with van der Waals surface area (Å²) in [7, 11) is -1.89. The molecule has 0 aliphatic carbocycles. The van der Waals surface area contributed by atoms with Crippen LogP contribution in [-0.2, 0) is 34.2 Å². The first-order chi connectivity index (χ1) is 14.4. The Labute approximate surface area is 181 Å². The summed E-state index contributed by atoms with van der Waals surface area (Å²) in [5, 5.41) is 4.85. The Balaban J connectivity index is 1.47. The van der Waals surface area contributed by atoms with E-state index in [1.54, 1.807) is 42.7 Å². The van der Waals surface area contributed by atoms with Crippen molar-refractivity contribution in [2.24, 2.45) is 0 Å². The minimum absolute atomic E-state index is 0.0216. The molecule has 2 N–H and O–H groups in total. The third-order valence-electron chi connectivity index (χ3n) is 4.45. The van der Waals surface area contributed by atoms with Crippen LogP contribution in [0.4, 0.5) is 5.69 Å². The number of hydrogen-bond donors (Lipinski definition) is 2. The van der Waals surface area contributed by atoms with Gasteiger partial charge in [-0.15, -0.1) is 11.3 Å². The summed E-state index contributed by atoms with van der Waals surface area (Å²) in [6.45, 7) is 0.516. The molecule has 2 aromatic carbocycles. The Morgan fingerprint density at radius 3 is 2.33 bits per heavy atom. The van der Waals surface area contributed by atoms with Gasteiger partial charge in [0.25, 0.3) is 0 Å². The zero-order chi connectivity index (χ0) is 21.4. The predicted octanol–water partition coefficient (Wildman–Crippen LogP) is 3.60. The number of rotatable bonds is 10. The van der Waals surface area contributed by atoms with E-state index in [9.17, 15) is 13.2 Å². The molecule has 0 fully saturated rings. The SMILES string of the molecule is COc1ccc(CCS(=O)(=O)Nc2ccc(CC(=O)NCc3cccs3)cc2)cc1. The smallest absolute Gasteiger partial charge is 0.233 e. The Morgan fingerprint density at radius 2 is 1.70 bits per heavy atom. The molecule has 158 valence electrons. The summed E-state index contributed by atoms with van der Waals surface area (Å²) in [6.07, 6.45) is 0.650. The number of benzene rings is 2. The van der Waals surface area contributed by atoms with Crippen LogP contribution >= 0.6 is 11.3 Å². The fourth-order valence-corrected chi connectivity index (χ4v) is 4.56. The van der Waals surface area contributed by atoms with Gasteiger partial charge >= 0.3 is 0 Å². The monoisotopic (exact) mass is 444 g/mol. The van der Waals surface area contributed by atoms with Gasteiger partial charge in [-0.2, -0.15) is 0 Å². The van der Waals surface area contributed by atoms with Crippen LogP contribution in [0.1, 0.15) is 16.0 Å². The van der Waals surface area contributed by atoms with Crippen LogP contribution in [0.25, 0.3) is 0 Å². The molecule has 0 atom stereocenters. The van der Waals surface area contributed by atoms with Crippen molar-refractivity contribution in [2.45, 2.75) is 19.4 Å². The van der Waals surface area contributed by atoms with Crippen molar-refractivity contribution >= 4 is 33.0 Å². The van der Waals surface area contributed by atoms with Crippen LogP contribution in [0.3, 0.4) is 0 Å². The Bertz CT molecular complexity index is 1050. The molecule has 0 saturated carbocycles. The lowest BCUT2D eigenvalue weighted by molar-refractivity contribution is -0.120. The highest BCUT2D eigenvalue weighted by molar-refractivity contribution is 7.92. The number of carbonyl (C=O) groups is 1. The van der Waals surface area contributed by atoms with Gasteiger partial charge in [-0.25, -0.2) is 8.42 Å². The molecule has 0 unspecified atom stereocenters. The molecule has 3 aromatic rings. The fraction of sp³-hybridized carbons (Fsp3) is 0.227. The summed E-state index contributed by atoms with van der Waals surface area (Å²) < 4.78 is 32.4. The van der Waals surface area contributed by atoms with Gasteiger partial charge in [0, 0.05) is 10.6 Å². The molecule has 6 nitrogen and oxygen atoms in total. The first-order valence-corrected chi connectivity index (χ1v) is 12.0. The molecule has 3 rings (SSSR count). The molecule has 0 radical (unpaired) electrons. The fourth-order valence-electron chi connectivity index (χ4n) is 2.81. The van der Waals surface area contributed by atoms with Gasteiger partial charge in [0.2, 0.25) is 15.9 Å².